The maximum atomic E-state index is 13.9. The summed E-state index contributed by atoms with van der Waals surface area (Å²) in [6.07, 6.45) is 2.90. The summed E-state index contributed by atoms with van der Waals surface area (Å²) < 4.78 is 5.93. The van der Waals surface area contributed by atoms with E-state index in [1.807, 2.05) is 80.6 Å². The highest BCUT2D eigenvalue weighted by molar-refractivity contribution is 6.06. The Labute approximate surface area is 240 Å². The fourth-order valence-corrected chi connectivity index (χ4v) is 5.49. The summed E-state index contributed by atoms with van der Waals surface area (Å²) in [4.78, 5) is 45.1. The number of benzene rings is 3. The number of aromatic nitrogens is 1. The van der Waals surface area contributed by atoms with Crippen LogP contribution in [0, 0.1) is 11.8 Å². The third-order valence-corrected chi connectivity index (χ3v) is 7.74. The van der Waals surface area contributed by atoms with E-state index in [1.54, 1.807) is 0 Å². The number of rotatable bonds is 11. The first-order valence-electron chi connectivity index (χ1n) is 14.6. The van der Waals surface area contributed by atoms with Crippen molar-refractivity contribution in [2.24, 2.45) is 11.8 Å². The number of aryl methyl sites for hydroxylation is 1. The lowest BCUT2D eigenvalue weighted by Crippen LogP contribution is -2.53. The quantitative estimate of drug-likeness (QED) is 0.229. The van der Waals surface area contributed by atoms with Crippen LogP contribution in [0.2, 0.25) is 0 Å². The van der Waals surface area contributed by atoms with Crippen LogP contribution < -0.4 is 16.0 Å². The molecule has 214 valence electrons. The number of oxazole rings is 1. The van der Waals surface area contributed by atoms with Gasteiger partial charge < -0.3 is 20.4 Å². The molecule has 2 amide bonds. The Hall–Kier alpha value is -4.04. The molecule has 3 N–H and O–H groups in total. The number of amides is 2. The van der Waals surface area contributed by atoms with Gasteiger partial charge in [0.2, 0.25) is 17.6 Å². The maximum Gasteiger partial charge on any atom is 0.266 e. The van der Waals surface area contributed by atoms with E-state index in [4.69, 9.17) is 4.42 Å². The van der Waals surface area contributed by atoms with E-state index in [0.29, 0.717) is 30.4 Å². The zero-order valence-electron chi connectivity index (χ0n) is 23.7. The van der Waals surface area contributed by atoms with Gasteiger partial charge in [0, 0.05) is 11.3 Å². The van der Waals surface area contributed by atoms with E-state index in [1.165, 1.54) is 0 Å². The zero-order valence-corrected chi connectivity index (χ0v) is 23.7. The minimum Gasteiger partial charge on any atom is -0.434 e. The van der Waals surface area contributed by atoms with Crippen molar-refractivity contribution in [1.82, 2.24) is 20.9 Å². The predicted octanol–water partition coefficient (Wildman–Crippen LogP) is 4.81. The largest absolute Gasteiger partial charge is 0.434 e. The first kappa shape index (κ1) is 28.5. The van der Waals surface area contributed by atoms with E-state index in [0.717, 1.165) is 42.3 Å². The number of hydrogen-bond acceptors (Lipinski definition) is 6. The van der Waals surface area contributed by atoms with Gasteiger partial charge >= 0.3 is 0 Å². The molecule has 0 saturated carbocycles. The predicted molar refractivity (Wildman–Crippen MR) is 160 cm³/mol. The van der Waals surface area contributed by atoms with Crippen LogP contribution in [0.4, 0.5) is 0 Å². The molecule has 2 atom stereocenters. The summed E-state index contributed by atoms with van der Waals surface area (Å²) in [5, 5.41) is 11.1. The van der Waals surface area contributed by atoms with E-state index >= 15 is 0 Å². The second kappa shape index (κ2) is 13.1. The van der Waals surface area contributed by atoms with E-state index < -0.39 is 12.1 Å². The van der Waals surface area contributed by atoms with Gasteiger partial charge in [-0.05, 0) is 68.1 Å². The number of nitrogens with zero attached hydrogens (tertiary/aromatic N) is 1. The molecule has 2 heterocycles. The lowest BCUT2D eigenvalue weighted by Gasteiger charge is -2.27. The summed E-state index contributed by atoms with van der Waals surface area (Å²) in [5.74, 6) is -0.845. The number of nitrogens with one attached hydrogen (secondary N) is 3. The summed E-state index contributed by atoms with van der Waals surface area (Å²) in [6, 6.07) is 19.8. The van der Waals surface area contributed by atoms with Crippen LogP contribution in [-0.4, -0.2) is 47.8 Å². The minimum absolute atomic E-state index is 0.0335. The van der Waals surface area contributed by atoms with Crippen LogP contribution in [0.5, 0.6) is 0 Å². The number of ketones is 1. The SMILES string of the molecule is CC(C)C[C@H](NC(=O)C1CCNCC1)C(=O)N[C@@H](CCc1ccccc1)C(=O)c1nc2c(ccc3ccccc32)o1. The Morgan fingerprint density at radius 2 is 1.66 bits per heavy atom. The zero-order chi connectivity index (χ0) is 28.8. The monoisotopic (exact) mass is 554 g/mol. The average molecular weight is 555 g/mol. The standard InChI is InChI=1S/C33H38N4O4/c1-21(2)20-27(36-31(39)24-16-18-34-19-17-24)32(40)35-26(14-12-22-8-4-3-5-9-22)30(38)33-37-29-25-11-7-6-10-23(25)13-15-28(29)41-33/h3-11,13,15,21,24,26-27,34H,12,14,16-20H2,1-2H3,(H,35,40)(H,36,39)/t26-,27-/m0/s1. The molecule has 0 bridgehead atoms. The van der Waals surface area contributed by atoms with Crippen LogP contribution in [0.25, 0.3) is 21.9 Å². The number of hydrogen-bond donors (Lipinski definition) is 3. The van der Waals surface area contributed by atoms with Crippen LogP contribution in [0.3, 0.4) is 0 Å². The molecule has 4 aromatic rings. The molecule has 1 aliphatic heterocycles. The molecule has 0 radical (unpaired) electrons. The highest BCUT2D eigenvalue weighted by atomic mass is 16.4. The summed E-state index contributed by atoms with van der Waals surface area (Å²) in [6.45, 7) is 5.60. The normalized spacial score (nSPS) is 15.6. The molecular weight excluding hydrogens is 516 g/mol. The third kappa shape index (κ3) is 7.00. The summed E-state index contributed by atoms with van der Waals surface area (Å²) >= 11 is 0. The summed E-state index contributed by atoms with van der Waals surface area (Å²) in [5.41, 5.74) is 2.19. The van der Waals surface area contributed by atoms with Crippen molar-refractivity contribution in [3.63, 3.8) is 0 Å². The van der Waals surface area contributed by atoms with Crippen molar-refractivity contribution in [3.8, 4) is 0 Å². The molecule has 0 unspecified atom stereocenters. The minimum atomic E-state index is -0.868. The van der Waals surface area contributed by atoms with Crippen molar-refractivity contribution in [1.29, 1.82) is 0 Å². The van der Waals surface area contributed by atoms with Crippen molar-refractivity contribution in [2.45, 2.75) is 58.0 Å². The number of piperidine rings is 1. The Kier molecular flexibility index (Phi) is 9.09. The van der Waals surface area contributed by atoms with Crippen LogP contribution in [-0.2, 0) is 16.0 Å². The van der Waals surface area contributed by atoms with Gasteiger partial charge in [0.25, 0.3) is 5.89 Å². The molecule has 3 aromatic carbocycles. The van der Waals surface area contributed by atoms with E-state index in [9.17, 15) is 14.4 Å². The fraction of sp³-hybridized carbons (Fsp3) is 0.394. The lowest BCUT2D eigenvalue weighted by molar-refractivity contribution is -0.132. The van der Waals surface area contributed by atoms with Crippen LogP contribution in [0.1, 0.15) is 55.8 Å². The Balaban J connectivity index is 1.39. The van der Waals surface area contributed by atoms with Gasteiger partial charge in [0.15, 0.2) is 5.58 Å². The molecule has 1 aliphatic rings. The van der Waals surface area contributed by atoms with Crippen molar-refractivity contribution in [3.05, 3.63) is 78.2 Å². The molecule has 8 heteroatoms. The number of Topliss-reactive ketones (excluding diaryl/α,β-unsaturated/α-hetero) is 1. The van der Waals surface area contributed by atoms with Gasteiger partial charge in [-0.3, -0.25) is 14.4 Å². The highest BCUT2D eigenvalue weighted by Crippen LogP contribution is 2.26. The first-order valence-corrected chi connectivity index (χ1v) is 14.6. The van der Waals surface area contributed by atoms with Crippen molar-refractivity contribution < 1.29 is 18.8 Å². The molecule has 0 aliphatic carbocycles. The highest BCUT2D eigenvalue weighted by Gasteiger charge is 2.32. The average Bonchev–Trinajstić information content (AvgIpc) is 3.44. The molecule has 1 fully saturated rings. The Morgan fingerprint density at radius 3 is 2.41 bits per heavy atom. The van der Waals surface area contributed by atoms with Gasteiger partial charge in [0.05, 0.1) is 6.04 Å². The Morgan fingerprint density at radius 1 is 0.927 bits per heavy atom. The topological polar surface area (TPSA) is 113 Å². The molecule has 0 spiro atoms. The molecule has 1 aromatic heterocycles. The van der Waals surface area contributed by atoms with Crippen molar-refractivity contribution in [2.75, 3.05) is 13.1 Å². The molecule has 8 nitrogen and oxygen atoms in total. The van der Waals surface area contributed by atoms with E-state index in [2.05, 4.69) is 20.9 Å². The molecule has 5 rings (SSSR count). The first-order chi connectivity index (χ1) is 19.9. The summed E-state index contributed by atoms with van der Waals surface area (Å²) in [7, 11) is 0. The molecule has 41 heavy (non-hydrogen) atoms. The molecule has 1 saturated heterocycles. The van der Waals surface area contributed by atoms with Crippen LogP contribution in [0.15, 0.2) is 71.1 Å². The second-order valence-corrected chi connectivity index (χ2v) is 11.3. The number of carbonyl (C=O) groups excluding carboxylic acids is 3. The van der Waals surface area contributed by atoms with Gasteiger partial charge in [0.1, 0.15) is 11.6 Å². The third-order valence-electron chi connectivity index (χ3n) is 7.74. The smallest absolute Gasteiger partial charge is 0.266 e. The second-order valence-electron chi connectivity index (χ2n) is 11.3. The van der Waals surface area contributed by atoms with E-state index in [-0.39, 0.29) is 35.3 Å². The van der Waals surface area contributed by atoms with Gasteiger partial charge in [-0.2, -0.15) is 0 Å². The van der Waals surface area contributed by atoms with Gasteiger partial charge in [-0.1, -0.05) is 74.5 Å². The van der Waals surface area contributed by atoms with Crippen molar-refractivity contribution >= 4 is 39.5 Å². The molecular formula is C33H38N4O4. The number of fused-ring (bicyclic) bond motifs is 3. The number of carbonyl (C=O) groups is 3. The fourth-order valence-electron chi connectivity index (χ4n) is 5.49. The van der Waals surface area contributed by atoms with Crippen LogP contribution >= 0.6 is 0 Å². The maximum absolute atomic E-state index is 13.9. The van der Waals surface area contributed by atoms with Gasteiger partial charge in [-0.25, -0.2) is 4.98 Å². The Bertz CT molecular complexity index is 1510. The lowest BCUT2D eigenvalue weighted by atomic mass is 9.95. The van der Waals surface area contributed by atoms with Gasteiger partial charge in [-0.15, -0.1) is 0 Å².